The van der Waals surface area contributed by atoms with Crippen molar-refractivity contribution in [3.8, 4) is 33.4 Å². The van der Waals surface area contributed by atoms with E-state index >= 15 is 0 Å². The van der Waals surface area contributed by atoms with E-state index in [0.29, 0.717) is 22.1 Å². The predicted molar refractivity (Wildman–Crippen MR) is 183 cm³/mol. The van der Waals surface area contributed by atoms with Gasteiger partial charge in [0.15, 0.2) is 0 Å². The standard InChI is InChI=1S/C42H26O/c1-2-11-28(12-3-1)41-33-14-6-8-16-35(33)42(36-17-9-7-15-34(36)41)32-21-23-40-38(26-32)37-25-31(20-22-39(37)43-40)30-19-18-27-10-4-5-13-29(27)24-30/h1-26H/i1D,2D,3D,6D,7D,8D,9D,11D,12D,14D,15D,16D,17D. The molecule has 1 aromatic heterocycles. The number of fused-ring (bicyclic) bond motifs is 6. The summed E-state index contributed by atoms with van der Waals surface area (Å²) >= 11 is 0. The van der Waals surface area contributed by atoms with Crippen molar-refractivity contribution in [2.24, 2.45) is 0 Å². The van der Waals surface area contributed by atoms with Crippen LogP contribution in [0, 0.1) is 0 Å². The van der Waals surface area contributed by atoms with Gasteiger partial charge in [0.25, 0.3) is 0 Å². The fourth-order valence-corrected chi connectivity index (χ4v) is 6.02. The van der Waals surface area contributed by atoms with Gasteiger partial charge in [0.1, 0.15) is 11.2 Å². The minimum absolute atomic E-state index is 0.0621. The van der Waals surface area contributed by atoms with Crippen LogP contribution >= 0.6 is 0 Å². The molecule has 1 heterocycles. The molecule has 9 rings (SSSR count). The van der Waals surface area contributed by atoms with Crippen LogP contribution in [0.1, 0.15) is 17.8 Å². The van der Waals surface area contributed by atoms with Crippen molar-refractivity contribution < 1.29 is 22.2 Å². The Hall–Kier alpha value is -5.66. The average Bonchev–Trinajstić information content (AvgIpc) is 3.58. The third-order valence-electron chi connectivity index (χ3n) is 7.97. The second kappa shape index (κ2) is 9.44. The van der Waals surface area contributed by atoms with Crippen molar-refractivity contribution >= 4 is 54.3 Å². The first-order valence-electron chi connectivity index (χ1n) is 20.2. The molecule has 9 aromatic rings. The zero-order valence-electron chi connectivity index (χ0n) is 35.4. The van der Waals surface area contributed by atoms with E-state index in [0.717, 1.165) is 27.3 Å². The molecule has 8 aromatic carbocycles. The largest absolute Gasteiger partial charge is 0.456 e. The van der Waals surface area contributed by atoms with E-state index in [1.165, 1.54) is 0 Å². The first kappa shape index (κ1) is 14.5. The van der Waals surface area contributed by atoms with Gasteiger partial charge >= 0.3 is 0 Å². The molecule has 0 aliphatic carbocycles. The normalized spacial score (nSPS) is 16.0. The van der Waals surface area contributed by atoms with Crippen LogP contribution in [0.25, 0.3) is 87.6 Å². The number of hydrogen-bond acceptors (Lipinski definition) is 1. The third-order valence-corrected chi connectivity index (χ3v) is 7.97. The van der Waals surface area contributed by atoms with E-state index in [9.17, 15) is 5.48 Å². The third kappa shape index (κ3) is 3.79. The maximum Gasteiger partial charge on any atom is 0.135 e. The highest BCUT2D eigenvalue weighted by molar-refractivity contribution is 6.22. The zero-order chi connectivity index (χ0) is 39.6. The smallest absolute Gasteiger partial charge is 0.135 e. The molecule has 0 saturated carbocycles. The van der Waals surface area contributed by atoms with Crippen LogP contribution in [-0.2, 0) is 0 Å². The number of rotatable bonds is 3. The summed E-state index contributed by atoms with van der Waals surface area (Å²) in [4.78, 5) is 0. The molecule has 0 fully saturated rings. The topological polar surface area (TPSA) is 13.1 Å². The minimum Gasteiger partial charge on any atom is -0.456 e. The van der Waals surface area contributed by atoms with Crippen molar-refractivity contribution in [2.75, 3.05) is 0 Å². The molecule has 0 bridgehead atoms. The Balaban J connectivity index is 1.45. The van der Waals surface area contributed by atoms with Gasteiger partial charge in [-0.15, -0.1) is 0 Å². The zero-order valence-corrected chi connectivity index (χ0v) is 22.4. The second-order valence-electron chi connectivity index (χ2n) is 10.3. The predicted octanol–water partition coefficient (Wildman–Crippen LogP) is 12.0. The highest BCUT2D eigenvalue weighted by Gasteiger charge is 2.18. The van der Waals surface area contributed by atoms with E-state index in [1.807, 2.05) is 54.6 Å². The summed E-state index contributed by atoms with van der Waals surface area (Å²) in [7, 11) is 0. The van der Waals surface area contributed by atoms with Gasteiger partial charge in [-0.1, -0.05) is 127 Å². The molecule has 43 heavy (non-hydrogen) atoms. The minimum atomic E-state index is -0.714. The lowest BCUT2D eigenvalue weighted by Gasteiger charge is -2.17. The molecule has 0 unspecified atom stereocenters. The summed E-state index contributed by atoms with van der Waals surface area (Å²) in [5, 5.41) is 2.76. The average molecular weight is 560 g/mol. The first-order chi connectivity index (χ1) is 26.7. The molecule has 0 aliphatic rings. The highest BCUT2D eigenvalue weighted by atomic mass is 16.3. The van der Waals surface area contributed by atoms with Crippen molar-refractivity contribution in [3.63, 3.8) is 0 Å². The van der Waals surface area contributed by atoms with Gasteiger partial charge in [-0.2, -0.15) is 0 Å². The Kier molecular flexibility index (Phi) is 3.18. The number of benzene rings is 8. The van der Waals surface area contributed by atoms with Crippen molar-refractivity contribution in [1.82, 2.24) is 0 Å². The molecular weight excluding hydrogens is 520 g/mol. The van der Waals surface area contributed by atoms with Crippen LogP contribution in [0.15, 0.2) is 162 Å². The summed E-state index contributed by atoms with van der Waals surface area (Å²) < 4.78 is 121. The Morgan fingerprint density at radius 3 is 1.51 bits per heavy atom. The van der Waals surface area contributed by atoms with Crippen LogP contribution in [-0.4, -0.2) is 0 Å². The number of furan rings is 1. The SMILES string of the molecule is [2H]c1c([2H])c([2H])c(-c2c3c([2H])c([2H])c([2H])c([2H])c3c(-c3ccc4oc5ccc(-c6ccc7ccccc7c6)cc5c4c3)c3c([2H])c([2H])c([2H])c([2H])c23)c([2H])c1[2H]. The van der Waals surface area contributed by atoms with E-state index in [-0.39, 0.29) is 32.7 Å². The Morgan fingerprint density at radius 2 is 0.860 bits per heavy atom. The van der Waals surface area contributed by atoms with Crippen molar-refractivity contribution in [1.29, 1.82) is 0 Å². The lowest BCUT2D eigenvalue weighted by Crippen LogP contribution is -1.90. The van der Waals surface area contributed by atoms with Crippen LogP contribution in [0.5, 0.6) is 0 Å². The summed E-state index contributed by atoms with van der Waals surface area (Å²) in [6, 6.07) is 16.8. The van der Waals surface area contributed by atoms with Gasteiger partial charge in [-0.05, 0) is 96.0 Å². The summed E-state index contributed by atoms with van der Waals surface area (Å²) in [5.74, 6) is 0. The molecule has 0 aliphatic heterocycles. The first-order valence-corrected chi connectivity index (χ1v) is 13.7. The molecule has 0 amide bonds. The van der Waals surface area contributed by atoms with E-state index in [1.54, 1.807) is 18.2 Å². The van der Waals surface area contributed by atoms with Crippen molar-refractivity contribution in [2.45, 2.75) is 0 Å². The van der Waals surface area contributed by atoms with Crippen LogP contribution in [0.4, 0.5) is 0 Å². The Morgan fingerprint density at radius 1 is 0.372 bits per heavy atom. The maximum absolute atomic E-state index is 9.24. The molecular formula is C42H26O. The van der Waals surface area contributed by atoms with E-state index < -0.39 is 84.1 Å². The van der Waals surface area contributed by atoms with Gasteiger partial charge in [0.2, 0.25) is 0 Å². The summed E-state index contributed by atoms with van der Waals surface area (Å²) in [6.45, 7) is 0. The Bertz CT molecular complexity index is 3130. The number of hydrogen-bond donors (Lipinski definition) is 0. The molecule has 0 N–H and O–H groups in total. The van der Waals surface area contributed by atoms with Gasteiger partial charge in [0.05, 0.1) is 17.8 Å². The fraction of sp³-hybridized carbons (Fsp3) is 0. The fourth-order valence-electron chi connectivity index (χ4n) is 6.02. The molecule has 0 radical (unpaired) electrons. The lowest BCUT2D eigenvalue weighted by molar-refractivity contribution is 0.669. The van der Waals surface area contributed by atoms with Gasteiger partial charge < -0.3 is 4.42 Å². The highest BCUT2D eigenvalue weighted by Crippen LogP contribution is 2.45. The van der Waals surface area contributed by atoms with Gasteiger partial charge in [-0.3, -0.25) is 0 Å². The van der Waals surface area contributed by atoms with Gasteiger partial charge in [-0.25, -0.2) is 0 Å². The molecule has 1 nitrogen and oxygen atoms in total. The Labute approximate surface area is 267 Å². The van der Waals surface area contributed by atoms with E-state index in [2.05, 4.69) is 6.07 Å². The lowest BCUT2D eigenvalue weighted by atomic mass is 9.86. The molecule has 0 spiro atoms. The molecule has 0 saturated heterocycles. The summed E-state index contributed by atoms with van der Waals surface area (Å²) in [6.07, 6.45) is 0. The van der Waals surface area contributed by atoms with Crippen molar-refractivity contribution in [3.05, 3.63) is 157 Å². The quantitative estimate of drug-likeness (QED) is 0.196. The maximum atomic E-state index is 9.24. The van der Waals surface area contributed by atoms with Gasteiger partial charge in [0, 0.05) is 10.8 Å². The molecule has 200 valence electrons. The summed E-state index contributed by atoms with van der Waals surface area (Å²) in [5.41, 5.74) is 2.61. The van der Waals surface area contributed by atoms with Crippen LogP contribution < -0.4 is 0 Å². The molecule has 0 atom stereocenters. The monoisotopic (exact) mass is 559 g/mol. The van der Waals surface area contributed by atoms with Crippen LogP contribution in [0.2, 0.25) is 0 Å². The second-order valence-corrected chi connectivity index (χ2v) is 10.3. The molecule has 1 heteroatoms. The van der Waals surface area contributed by atoms with E-state index in [4.69, 9.17) is 16.8 Å². The van der Waals surface area contributed by atoms with Crippen LogP contribution in [0.3, 0.4) is 0 Å².